The molecule has 4 fully saturated rings. The molecule has 4 heteroatoms. The van der Waals surface area contributed by atoms with Crippen molar-refractivity contribution < 1.29 is 14.6 Å². The standard InChI is InChI=1S/C32H31BrO3/c33-29-15-21(7-11-31(34)35)6-9-27(29)26-8-10-30(36-20-22-4-2-1-3-5-22)28(16-26)32-17-23-12-24(18-32)14-25(13-23)19-32/h1-11,15-16,23-25H,12-14,17-20H2,(H,34,35). The number of hydrogen-bond acceptors (Lipinski definition) is 2. The normalized spacial score (nSPS) is 26.4. The van der Waals surface area contributed by atoms with E-state index in [1.54, 1.807) is 6.08 Å². The van der Waals surface area contributed by atoms with Gasteiger partial charge < -0.3 is 9.84 Å². The molecule has 0 aromatic heterocycles. The molecule has 3 aromatic rings. The van der Waals surface area contributed by atoms with Crippen LogP contribution in [0.15, 0.2) is 77.3 Å². The molecule has 3 aromatic carbocycles. The van der Waals surface area contributed by atoms with Gasteiger partial charge >= 0.3 is 5.97 Å². The van der Waals surface area contributed by atoms with Gasteiger partial charge in [0.15, 0.2) is 0 Å². The van der Waals surface area contributed by atoms with Gasteiger partial charge in [-0.2, -0.15) is 0 Å². The summed E-state index contributed by atoms with van der Waals surface area (Å²) >= 11 is 3.75. The Morgan fingerprint density at radius 2 is 1.64 bits per heavy atom. The van der Waals surface area contributed by atoms with Crippen molar-refractivity contribution in [3.05, 3.63) is 94.0 Å². The first-order valence-electron chi connectivity index (χ1n) is 13.0. The highest BCUT2D eigenvalue weighted by Gasteiger charge is 2.52. The van der Waals surface area contributed by atoms with Gasteiger partial charge in [0.25, 0.3) is 0 Å². The lowest BCUT2D eigenvalue weighted by molar-refractivity contribution is -0.131. The molecule has 0 spiro atoms. The minimum atomic E-state index is -0.943. The van der Waals surface area contributed by atoms with Crippen molar-refractivity contribution in [1.29, 1.82) is 0 Å². The Balaban J connectivity index is 1.38. The number of carboxylic acids is 1. The highest BCUT2D eigenvalue weighted by molar-refractivity contribution is 9.10. The first-order chi connectivity index (χ1) is 17.5. The van der Waals surface area contributed by atoms with Gasteiger partial charge in [0.05, 0.1) is 0 Å². The Morgan fingerprint density at radius 1 is 0.944 bits per heavy atom. The summed E-state index contributed by atoms with van der Waals surface area (Å²) < 4.78 is 7.49. The van der Waals surface area contributed by atoms with Crippen LogP contribution in [0.1, 0.15) is 55.2 Å². The highest BCUT2D eigenvalue weighted by atomic mass is 79.9. The SMILES string of the molecule is O=C(O)C=Cc1ccc(-c2ccc(OCc3ccccc3)c(C34CC5CC(CC(C5)C3)C4)c2)c(Br)c1. The van der Waals surface area contributed by atoms with E-state index in [0.717, 1.165) is 39.1 Å². The fourth-order valence-corrected chi connectivity index (χ4v) is 8.08. The molecule has 0 aliphatic heterocycles. The smallest absolute Gasteiger partial charge is 0.328 e. The number of aliphatic carboxylic acids is 1. The summed E-state index contributed by atoms with van der Waals surface area (Å²) in [4.78, 5) is 10.9. The lowest BCUT2D eigenvalue weighted by Gasteiger charge is -2.57. The zero-order valence-electron chi connectivity index (χ0n) is 20.3. The molecule has 4 aliphatic rings. The second kappa shape index (κ2) is 9.55. The van der Waals surface area contributed by atoms with Crippen molar-refractivity contribution in [2.75, 3.05) is 0 Å². The summed E-state index contributed by atoms with van der Waals surface area (Å²) in [5.41, 5.74) is 5.93. The van der Waals surface area contributed by atoms with Gasteiger partial charge in [0, 0.05) is 16.1 Å². The summed E-state index contributed by atoms with van der Waals surface area (Å²) in [5, 5.41) is 8.96. The van der Waals surface area contributed by atoms with Crippen LogP contribution in [0.25, 0.3) is 17.2 Å². The van der Waals surface area contributed by atoms with E-state index in [2.05, 4.69) is 64.5 Å². The van der Waals surface area contributed by atoms with E-state index in [1.165, 1.54) is 61.3 Å². The van der Waals surface area contributed by atoms with Crippen LogP contribution >= 0.6 is 15.9 Å². The molecule has 0 amide bonds. The molecule has 3 nitrogen and oxygen atoms in total. The highest BCUT2D eigenvalue weighted by Crippen LogP contribution is 2.62. The van der Waals surface area contributed by atoms with E-state index in [0.29, 0.717) is 6.61 Å². The van der Waals surface area contributed by atoms with Crippen LogP contribution in [0.5, 0.6) is 5.75 Å². The molecule has 184 valence electrons. The van der Waals surface area contributed by atoms with E-state index in [9.17, 15) is 4.79 Å². The summed E-state index contributed by atoms with van der Waals surface area (Å²) in [5.74, 6) is 2.65. The third-order valence-corrected chi connectivity index (χ3v) is 9.20. The summed E-state index contributed by atoms with van der Waals surface area (Å²) in [6.45, 7) is 0.577. The molecular weight excluding hydrogens is 512 g/mol. The van der Waals surface area contributed by atoms with Crippen LogP contribution in [0, 0.1) is 17.8 Å². The summed E-state index contributed by atoms with van der Waals surface area (Å²) in [6, 6.07) is 23.2. The second-order valence-corrected chi connectivity index (χ2v) is 11.9. The molecule has 1 N–H and O–H groups in total. The summed E-state index contributed by atoms with van der Waals surface area (Å²) in [7, 11) is 0. The zero-order chi connectivity index (χ0) is 24.7. The largest absolute Gasteiger partial charge is 0.489 e. The van der Waals surface area contributed by atoms with Crippen molar-refractivity contribution in [2.45, 2.75) is 50.5 Å². The number of carbonyl (C=O) groups is 1. The van der Waals surface area contributed by atoms with Gasteiger partial charge in [0.2, 0.25) is 0 Å². The zero-order valence-corrected chi connectivity index (χ0v) is 21.9. The molecule has 0 heterocycles. The third kappa shape index (κ3) is 4.64. The fraction of sp³-hybridized carbons (Fsp3) is 0.344. The predicted octanol–water partition coefficient (Wildman–Crippen LogP) is 8.26. The number of halogens is 1. The minimum Gasteiger partial charge on any atom is -0.489 e. The molecule has 4 aliphatic carbocycles. The Morgan fingerprint density at radius 3 is 2.28 bits per heavy atom. The van der Waals surface area contributed by atoms with E-state index in [-0.39, 0.29) is 5.41 Å². The molecule has 4 bridgehead atoms. The molecule has 0 atom stereocenters. The van der Waals surface area contributed by atoms with Crippen LogP contribution in [-0.2, 0) is 16.8 Å². The molecule has 7 rings (SSSR count). The molecule has 36 heavy (non-hydrogen) atoms. The molecule has 0 radical (unpaired) electrons. The van der Waals surface area contributed by atoms with E-state index in [1.807, 2.05) is 18.2 Å². The number of benzene rings is 3. The number of ether oxygens (including phenoxy) is 1. The minimum absolute atomic E-state index is 0.216. The monoisotopic (exact) mass is 542 g/mol. The van der Waals surface area contributed by atoms with Crippen LogP contribution in [-0.4, -0.2) is 11.1 Å². The fourth-order valence-electron chi connectivity index (χ4n) is 7.45. The van der Waals surface area contributed by atoms with E-state index < -0.39 is 5.97 Å². The Bertz CT molecular complexity index is 1270. The van der Waals surface area contributed by atoms with Crippen LogP contribution in [0.3, 0.4) is 0 Å². The van der Waals surface area contributed by atoms with Crippen LogP contribution in [0.4, 0.5) is 0 Å². The van der Waals surface area contributed by atoms with Gasteiger partial charge in [-0.1, -0.05) is 64.5 Å². The number of rotatable bonds is 7. The van der Waals surface area contributed by atoms with Gasteiger partial charge in [0.1, 0.15) is 12.4 Å². The molecular formula is C32H31BrO3. The maximum Gasteiger partial charge on any atom is 0.328 e. The maximum atomic E-state index is 10.9. The number of hydrogen-bond donors (Lipinski definition) is 1. The van der Waals surface area contributed by atoms with Crippen molar-refractivity contribution >= 4 is 28.0 Å². The topological polar surface area (TPSA) is 46.5 Å². The maximum absolute atomic E-state index is 10.9. The van der Waals surface area contributed by atoms with E-state index in [4.69, 9.17) is 9.84 Å². The molecule has 4 saturated carbocycles. The van der Waals surface area contributed by atoms with Crippen LogP contribution in [0.2, 0.25) is 0 Å². The summed E-state index contributed by atoms with van der Waals surface area (Å²) in [6.07, 6.45) is 10.9. The van der Waals surface area contributed by atoms with Gasteiger partial charge in [-0.3, -0.25) is 0 Å². The van der Waals surface area contributed by atoms with Gasteiger partial charge in [-0.05, 0) is 108 Å². The van der Waals surface area contributed by atoms with Crippen molar-refractivity contribution in [2.24, 2.45) is 17.8 Å². The average molecular weight is 544 g/mol. The van der Waals surface area contributed by atoms with Gasteiger partial charge in [-0.15, -0.1) is 0 Å². The van der Waals surface area contributed by atoms with Crippen molar-refractivity contribution in [3.8, 4) is 16.9 Å². The number of carboxylic acid groups (broad SMARTS) is 1. The van der Waals surface area contributed by atoms with Crippen LogP contribution < -0.4 is 4.74 Å². The average Bonchev–Trinajstić information content (AvgIpc) is 2.86. The quantitative estimate of drug-likeness (QED) is 0.305. The van der Waals surface area contributed by atoms with Crippen molar-refractivity contribution in [3.63, 3.8) is 0 Å². The predicted molar refractivity (Wildman–Crippen MR) is 147 cm³/mol. The first kappa shape index (κ1) is 23.5. The third-order valence-electron chi connectivity index (χ3n) is 8.55. The molecule has 0 unspecified atom stereocenters. The molecule has 0 saturated heterocycles. The Labute approximate surface area is 221 Å². The second-order valence-electron chi connectivity index (χ2n) is 11.1. The Kier molecular flexibility index (Phi) is 6.25. The van der Waals surface area contributed by atoms with Gasteiger partial charge in [-0.25, -0.2) is 4.79 Å². The lowest BCUT2D eigenvalue weighted by atomic mass is 9.48. The first-order valence-corrected chi connectivity index (χ1v) is 13.8. The van der Waals surface area contributed by atoms with E-state index >= 15 is 0 Å². The van der Waals surface area contributed by atoms with Crippen molar-refractivity contribution in [1.82, 2.24) is 0 Å². The Hall–Kier alpha value is -2.85. The lowest BCUT2D eigenvalue weighted by Crippen LogP contribution is -2.48.